The summed E-state index contributed by atoms with van der Waals surface area (Å²) in [5.41, 5.74) is 3.05. The molecule has 0 aliphatic heterocycles. The summed E-state index contributed by atoms with van der Waals surface area (Å²) in [6.07, 6.45) is 1.31. The van der Waals surface area contributed by atoms with Crippen molar-refractivity contribution in [2.45, 2.75) is 39.7 Å². The molecule has 2 N–H and O–H groups in total. The van der Waals surface area contributed by atoms with Crippen LogP contribution in [0.25, 0.3) is 0 Å². The van der Waals surface area contributed by atoms with E-state index in [1.165, 1.54) is 13.8 Å². The van der Waals surface area contributed by atoms with Crippen LogP contribution in [0.4, 0.5) is 5.69 Å². The summed E-state index contributed by atoms with van der Waals surface area (Å²) in [6, 6.07) is 3.13. The highest BCUT2D eigenvalue weighted by Gasteiger charge is 2.31. The highest BCUT2D eigenvalue weighted by Crippen LogP contribution is 2.30. The second kappa shape index (κ2) is 5.45. The van der Waals surface area contributed by atoms with E-state index in [0.29, 0.717) is 24.1 Å². The van der Waals surface area contributed by atoms with Crippen LogP contribution in [0.3, 0.4) is 0 Å². The number of anilines is 1. The number of carbonyl (C=O) groups excluding carboxylic acids is 3. The van der Waals surface area contributed by atoms with Crippen LogP contribution in [0, 0.1) is 6.92 Å². The molecule has 1 aromatic rings. The van der Waals surface area contributed by atoms with Gasteiger partial charge in [0, 0.05) is 19.4 Å². The first-order valence-corrected chi connectivity index (χ1v) is 6.61. The van der Waals surface area contributed by atoms with Crippen molar-refractivity contribution in [2.75, 3.05) is 5.32 Å². The molecule has 0 saturated heterocycles. The van der Waals surface area contributed by atoms with Crippen molar-refractivity contribution in [3.63, 3.8) is 0 Å². The summed E-state index contributed by atoms with van der Waals surface area (Å²) < 4.78 is 0. The van der Waals surface area contributed by atoms with Crippen molar-refractivity contribution < 1.29 is 14.4 Å². The monoisotopic (exact) mass is 274 g/mol. The molecule has 2 rings (SSSR count). The molecule has 2 amide bonds. The lowest BCUT2D eigenvalue weighted by atomic mass is 9.83. The van der Waals surface area contributed by atoms with Crippen molar-refractivity contribution in [1.29, 1.82) is 0 Å². The molecule has 1 aliphatic carbocycles. The van der Waals surface area contributed by atoms with Gasteiger partial charge < -0.3 is 10.6 Å². The standard InChI is InChI=1S/C15H18N2O3/c1-8-4-6-12(16-9(2)18)14-11(8)5-7-13(15(14)20)17-10(3)19/h4,6,13H,5,7H2,1-3H3,(H,16,18)(H,17,19). The quantitative estimate of drug-likeness (QED) is 0.860. The summed E-state index contributed by atoms with van der Waals surface area (Å²) in [6.45, 7) is 4.75. The number of benzene rings is 1. The van der Waals surface area contributed by atoms with E-state index in [-0.39, 0.29) is 17.6 Å². The molecule has 1 aromatic carbocycles. The number of hydrogen-bond acceptors (Lipinski definition) is 3. The molecule has 0 radical (unpaired) electrons. The minimum Gasteiger partial charge on any atom is -0.346 e. The molecule has 0 spiro atoms. The van der Waals surface area contributed by atoms with Crippen molar-refractivity contribution in [3.8, 4) is 0 Å². The Balaban J connectivity index is 2.45. The first kappa shape index (κ1) is 14.2. The molecule has 0 saturated carbocycles. The van der Waals surface area contributed by atoms with Crippen LogP contribution < -0.4 is 10.6 Å². The number of amides is 2. The minimum absolute atomic E-state index is 0.131. The van der Waals surface area contributed by atoms with E-state index in [1.807, 2.05) is 13.0 Å². The Hall–Kier alpha value is -2.17. The second-order valence-electron chi connectivity index (χ2n) is 5.12. The summed E-state index contributed by atoms with van der Waals surface area (Å²) in [4.78, 5) is 35.0. The lowest BCUT2D eigenvalue weighted by Crippen LogP contribution is -2.43. The number of nitrogens with one attached hydrogen (secondary N) is 2. The molecule has 5 nitrogen and oxygen atoms in total. The lowest BCUT2D eigenvalue weighted by molar-refractivity contribution is -0.119. The molecule has 106 valence electrons. The predicted octanol–water partition coefficient (Wildman–Crippen LogP) is 1.59. The largest absolute Gasteiger partial charge is 0.346 e. The smallest absolute Gasteiger partial charge is 0.221 e. The van der Waals surface area contributed by atoms with Gasteiger partial charge in [-0.2, -0.15) is 0 Å². The van der Waals surface area contributed by atoms with Gasteiger partial charge in [-0.25, -0.2) is 0 Å². The average molecular weight is 274 g/mol. The molecule has 0 bridgehead atoms. The van der Waals surface area contributed by atoms with Crippen molar-refractivity contribution in [2.24, 2.45) is 0 Å². The van der Waals surface area contributed by atoms with Gasteiger partial charge in [-0.15, -0.1) is 0 Å². The molecule has 0 aromatic heterocycles. The third kappa shape index (κ3) is 2.71. The van der Waals surface area contributed by atoms with Crippen molar-refractivity contribution >= 4 is 23.3 Å². The highest BCUT2D eigenvalue weighted by molar-refractivity contribution is 6.10. The van der Waals surface area contributed by atoms with Gasteiger partial charge in [0.1, 0.15) is 0 Å². The van der Waals surface area contributed by atoms with Crippen LogP contribution in [0.2, 0.25) is 0 Å². The Bertz CT molecular complexity index is 593. The number of hydrogen-bond donors (Lipinski definition) is 2. The van der Waals surface area contributed by atoms with Crippen molar-refractivity contribution in [1.82, 2.24) is 5.32 Å². The number of fused-ring (bicyclic) bond motifs is 1. The van der Waals surface area contributed by atoms with Crippen molar-refractivity contribution in [3.05, 3.63) is 28.8 Å². The third-order valence-electron chi connectivity index (χ3n) is 3.48. The Labute approximate surface area is 117 Å². The minimum atomic E-state index is -0.505. The van der Waals surface area contributed by atoms with Crippen LogP contribution in [-0.2, 0) is 16.0 Å². The summed E-state index contributed by atoms with van der Waals surface area (Å²) in [5.74, 6) is -0.570. The summed E-state index contributed by atoms with van der Waals surface area (Å²) in [5, 5.41) is 5.36. The number of carbonyl (C=O) groups is 3. The lowest BCUT2D eigenvalue weighted by Gasteiger charge is -2.27. The van der Waals surface area contributed by atoms with Gasteiger partial charge in [0.25, 0.3) is 0 Å². The maximum Gasteiger partial charge on any atom is 0.221 e. The van der Waals surface area contributed by atoms with Crippen LogP contribution in [-0.4, -0.2) is 23.6 Å². The molecule has 5 heteroatoms. The van der Waals surface area contributed by atoms with Gasteiger partial charge in [-0.3, -0.25) is 14.4 Å². The first-order valence-electron chi connectivity index (χ1n) is 6.61. The molecule has 1 atom stereocenters. The molecular formula is C15H18N2O3. The zero-order valence-electron chi connectivity index (χ0n) is 11.9. The highest BCUT2D eigenvalue weighted by atomic mass is 16.2. The fraction of sp³-hybridized carbons (Fsp3) is 0.400. The van der Waals surface area contributed by atoms with Gasteiger partial charge in [0.2, 0.25) is 11.8 Å². The molecule has 0 fully saturated rings. The first-order chi connectivity index (χ1) is 9.40. The summed E-state index contributed by atoms with van der Waals surface area (Å²) in [7, 11) is 0. The van der Waals surface area contributed by atoms with Gasteiger partial charge in [0.15, 0.2) is 5.78 Å². The predicted molar refractivity (Wildman–Crippen MR) is 75.7 cm³/mol. The van der Waals surface area contributed by atoms with E-state index in [9.17, 15) is 14.4 Å². The molecule has 1 aliphatic rings. The Kier molecular flexibility index (Phi) is 3.88. The van der Waals surface area contributed by atoms with Crippen LogP contribution >= 0.6 is 0 Å². The van der Waals surface area contributed by atoms with E-state index in [2.05, 4.69) is 10.6 Å². The van der Waals surface area contributed by atoms with E-state index in [0.717, 1.165) is 11.1 Å². The van der Waals surface area contributed by atoms with Gasteiger partial charge in [0.05, 0.1) is 11.7 Å². The number of ketones is 1. The Morgan fingerprint density at radius 3 is 2.50 bits per heavy atom. The number of Topliss-reactive ketones (excluding diaryl/α,β-unsaturated/α-hetero) is 1. The Morgan fingerprint density at radius 2 is 1.90 bits per heavy atom. The van der Waals surface area contributed by atoms with E-state index in [1.54, 1.807) is 6.07 Å². The third-order valence-corrected chi connectivity index (χ3v) is 3.48. The normalized spacial score (nSPS) is 17.4. The second-order valence-corrected chi connectivity index (χ2v) is 5.12. The SMILES string of the molecule is CC(=O)Nc1ccc(C)c2c1C(=O)C(NC(C)=O)CC2. The molecule has 20 heavy (non-hydrogen) atoms. The molecule has 1 unspecified atom stereocenters. The average Bonchev–Trinajstić information content (AvgIpc) is 2.35. The number of aryl methyl sites for hydroxylation is 1. The zero-order chi connectivity index (χ0) is 14.9. The fourth-order valence-electron chi connectivity index (χ4n) is 2.63. The van der Waals surface area contributed by atoms with Crippen LogP contribution in [0.1, 0.15) is 41.8 Å². The van der Waals surface area contributed by atoms with E-state index in [4.69, 9.17) is 0 Å². The number of rotatable bonds is 2. The fourth-order valence-corrected chi connectivity index (χ4v) is 2.63. The summed E-state index contributed by atoms with van der Waals surface area (Å²) >= 11 is 0. The van der Waals surface area contributed by atoms with Crippen LogP contribution in [0.5, 0.6) is 0 Å². The van der Waals surface area contributed by atoms with E-state index >= 15 is 0 Å². The van der Waals surface area contributed by atoms with Gasteiger partial charge >= 0.3 is 0 Å². The zero-order valence-corrected chi connectivity index (χ0v) is 11.9. The maximum absolute atomic E-state index is 12.5. The Morgan fingerprint density at radius 1 is 1.20 bits per heavy atom. The maximum atomic E-state index is 12.5. The topological polar surface area (TPSA) is 75.3 Å². The van der Waals surface area contributed by atoms with Gasteiger partial charge in [-0.1, -0.05) is 6.07 Å². The molecule has 0 heterocycles. The molecular weight excluding hydrogens is 256 g/mol. The van der Waals surface area contributed by atoms with Crippen LogP contribution in [0.15, 0.2) is 12.1 Å². The van der Waals surface area contributed by atoms with Gasteiger partial charge in [-0.05, 0) is 37.0 Å². The van der Waals surface area contributed by atoms with E-state index < -0.39 is 6.04 Å².